The van der Waals surface area contributed by atoms with Gasteiger partial charge in [-0.3, -0.25) is 4.79 Å². The fourth-order valence-corrected chi connectivity index (χ4v) is 2.48. The summed E-state index contributed by atoms with van der Waals surface area (Å²) in [5.74, 6) is -0.154. The van der Waals surface area contributed by atoms with Gasteiger partial charge in [0.05, 0.1) is 0 Å². The van der Waals surface area contributed by atoms with Crippen LogP contribution < -0.4 is 20.1 Å². The number of anilines is 1. The predicted octanol–water partition coefficient (Wildman–Crippen LogP) is 1.90. The first-order valence-corrected chi connectivity index (χ1v) is 6.41. The molecule has 2 N–H and O–H groups in total. The first kappa shape index (κ1) is 14.0. The maximum absolute atomic E-state index is 13.2. The van der Waals surface area contributed by atoms with E-state index in [1.807, 2.05) is 0 Å². The molecule has 2 aliphatic rings. The van der Waals surface area contributed by atoms with Gasteiger partial charge in [-0.2, -0.15) is 13.2 Å². The topological polar surface area (TPSA) is 59.6 Å². The molecule has 2 aliphatic heterocycles. The molecule has 3 rings (SSSR count). The standard InChI is InChI=1S/C13H13F3N2O3/c14-13(15,16)12(3-4-17-6-12)11(19)18-8-1-2-9-10(5-8)21-7-20-9/h1-2,5,17H,3-4,6-7H2,(H,18,19). The second-order valence-electron chi connectivity index (χ2n) is 5.03. The average Bonchev–Trinajstić information content (AvgIpc) is 3.07. The van der Waals surface area contributed by atoms with E-state index in [-0.39, 0.29) is 25.4 Å². The molecule has 2 heterocycles. The molecule has 0 bridgehead atoms. The van der Waals surface area contributed by atoms with Gasteiger partial charge >= 0.3 is 6.18 Å². The molecular weight excluding hydrogens is 289 g/mol. The van der Waals surface area contributed by atoms with Gasteiger partial charge in [-0.25, -0.2) is 0 Å². The molecule has 114 valence electrons. The molecule has 1 saturated heterocycles. The SMILES string of the molecule is O=C(Nc1ccc2c(c1)OCO2)C1(C(F)(F)F)CCNC1. The van der Waals surface area contributed by atoms with Crippen LogP contribution in [0, 0.1) is 5.41 Å². The van der Waals surface area contributed by atoms with Crippen LogP contribution in [-0.4, -0.2) is 32.0 Å². The maximum atomic E-state index is 13.2. The summed E-state index contributed by atoms with van der Waals surface area (Å²) in [7, 11) is 0. The molecule has 5 nitrogen and oxygen atoms in total. The highest BCUT2D eigenvalue weighted by molar-refractivity contribution is 5.96. The van der Waals surface area contributed by atoms with Crippen molar-refractivity contribution in [1.29, 1.82) is 0 Å². The van der Waals surface area contributed by atoms with E-state index in [0.29, 0.717) is 11.5 Å². The number of amides is 1. The minimum atomic E-state index is -4.60. The van der Waals surface area contributed by atoms with Gasteiger partial charge in [0.1, 0.15) is 0 Å². The van der Waals surface area contributed by atoms with E-state index < -0.39 is 24.0 Å². The van der Waals surface area contributed by atoms with Crippen molar-refractivity contribution in [3.63, 3.8) is 0 Å². The lowest BCUT2D eigenvalue weighted by molar-refractivity contribution is -0.213. The summed E-state index contributed by atoms with van der Waals surface area (Å²) in [5.41, 5.74) is -2.14. The van der Waals surface area contributed by atoms with E-state index in [4.69, 9.17) is 9.47 Å². The number of carbonyl (C=O) groups is 1. The van der Waals surface area contributed by atoms with Crippen molar-refractivity contribution >= 4 is 11.6 Å². The van der Waals surface area contributed by atoms with Crippen LogP contribution >= 0.6 is 0 Å². The highest BCUT2D eigenvalue weighted by Crippen LogP contribution is 2.44. The number of alkyl halides is 3. The van der Waals surface area contributed by atoms with E-state index in [1.165, 1.54) is 12.1 Å². The number of fused-ring (bicyclic) bond motifs is 1. The number of nitrogens with one attached hydrogen (secondary N) is 2. The minimum absolute atomic E-state index is 0.0587. The van der Waals surface area contributed by atoms with Crippen molar-refractivity contribution in [2.75, 3.05) is 25.2 Å². The van der Waals surface area contributed by atoms with Gasteiger partial charge in [-0.05, 0) is 25.1 Å². The van der Waals surface area contributed by atoms with E-state index in [9.17, 15) is 18.0 Å². The van der Waals surface area contributed by atoms with Crippen LogP contribution in [0.25, 0.3) is 0 Å². The van der Waals surface area contributed by atoms with Crippen LogP contribution in [0.5, 0.6) is 11.5 Å². The molecule has 1 fully saturated rings. The molecule has 0 aromatic heterocycles. The fourth-order valence-electron chi connectivity index (χ4n) is 2.48. The molecule has 0 spiro atoms. The van der Waals surface area contributed by atoms with Crippen molar-refractivity contribution in [3.8, 4) is 11.5 Å². The molecule has 0 aliphatic carbocycles. The normalized spacial score (nSPS) is 24.1. The number of hydrogen-bond donors (Lipinski definition) is 2. The average molecular weight is 302 g/mol. The van der Waals surface area contributed by atoms with Crippen molar-refractivity contribution in [2.24, 2.45) is 5.41 Å². The molecule has 1 unspecified atom stereocenters. The third-order valence-corrected chi connectivity index (χ3v) is 3.76. The maximum Gasteiger partial charge on any atom is 0.404 e. The minimum Gasteiger partial charge on any atom is -0.454 e. The lowest BCUT2D eigenvalue weighted by Gasteiger charge is -2.29. The first-order valence-electron chi connectivity index (χ1n) is 6.41. The fraction of sp³-hybridized carbons (Fsp3) is 0.462. The molecule has 1 aromatic carbocycles. The molecule has 1 aromatic rings. The zero-order chi connectivity index (χ0) is 15.1. The second kappa shape index (κ2) is 4.80. The molecular formula is C13H13F3N2O3. The number of benzene rings is 1. The molecule has 8 heteroatoms. The summed E-state index contributed by atoms with van der Waals surface area (Å²) in [6, 6.07) is 4.48. The molecule has 0 saturated carbocycles. The van der Waals surface area contributed by atoms with Gasteiger partial charge in [0, 0.05) is 18.3 Å². The Balaban J connectivity index is 1.82. The number of halogens is 3. The quantitative estimate of drug-likeness (QED) is 0.876. The highest BCUT2D eigenvalue weighted by atomic mass is 19.4. The summed E-state index contributed by atoms with van der Waals surface area (Å²) < 4.78 is 50.0. The Kier molecular flexibility index (Phi) is 3.20. The Morgan fingerprint density at radius 3 is 2.71 bits per heavy atom. The third-order valence-electron chi connectivity index (χ3n) is 3.76. The lowest BCUT2D eigenvalue weighted by Crippen LogP contribution is -2.49. The zero-order valence-electron chi connectivity index (χ0n) is 10.9. The van der Waals surface area contributed by atoms with Crippen LogP contribution in [0.15, 0.2) is 18.2 Å². The monoisotopic (exact) mass is 302 g/mol. The predicted molar refractivity (Wildman–Crippen MR) is 67.2 cm³/mol. The van der Waals surface area contributed by atoms with Crippen LogP contribution in [0.3, 0.4) is 0 Å². The number of hydrogen-bond acceptors (Lipinski definition) is 4. The van der Waals surface area contributed by atoms with Crippen molar-refractivity contribution in [1.82, 2.24) is 5.32 Å². The largest absolute Gasteiger partial charge is 0.454 e. The van der Waals surface area contributed by atoms with Gasteiger partial charge in [0.25, 0.3) is 0 Å². The molecule has 21 heavy (non-hydrogen) atoms. The van der Waals surface area contributed by atoms with Crippen molar-refractivity contribution in [2.45, 2.75) is 12.6 Å². The summed E-state index contributed by atoms with van der Waals surface area (Å²) in [6.45, 7) is -0.190. The molecule has 1 atom stereocenters. The van der Waals surface area contributed by atoms with E-state index in [1.54, 1.807) is 6.07 Å². The Morgan fingerprint density at radius 2 is 2.05 bits per heavy atom. The van der Waals surface area contributed by atoms with Crippen LogP contribution in [0.1, 0.15) is 6.42 Å². The van der Waals surface area contributed by atoms with E-state index in [2.05, 4.69) is 10.6 Å². The summed E-state index contributed by atoms with van der Waals surface area (Å²) in [5, 5.41) is 4.93. The Bertz CT molecular complexity index is 568. The van der Waals surface area contributed by atoms with E-state index in [0.717, 1.165) is 0 Å². The summed E-state index contributed by atoms with van der Waals surface area (Å²) in [4.78, 5) is 12.1. The Labute approximate surface area is 118 Å². The van der Waals surface area contributed by atoms with Gasteiger partial charge < -0.3 is 20.1 Å². The zero-order valence-corrected chi connectivity index (χ0v) is 10.9. The van der Waals surface area contributed by atoms with Crippen LogP contribution in [0.4, 0.5) is 18.9 Å². The van der Waals surface area contributed by atoms with Crippen molar-refractivity contribution < 1.29 is 27.4 Å². The number of carbonyl (C=O) groups excluding carboxylic acids is 1. The van der Waals surface area contributed by atoms with Gasteiger partial charge in [0.2, 0.25) is 12.7 Å². The highest BCUT2D eigenvalue weighted by Gasteiger charge is 2.61. The summed E-state index contributed by atoms with van der Waals surface area (Å²) in [6.07, 6.45) is -4.87. The van der Waals surface area contributed by atoms with Crippen LogP contribution in [0.2, 0.25) is 0 Å². The van der Waals surface area contributed by atoms with Crippen LogP contribution in [-0.2, 0) is 4.79 Å². The Hall–Kier alpha value is -1.96. The first-order chi connectivity index (χ1) is 9.92. The summed E-state index contributed by atoms with van der Waals surface area (Å²) >= 11 is 0. The van der Waals surface area contributed by atoms with Gasteiger partial charge in [0.15, 0.2) is 16.9 Å². The third kappa shape index (κ3) is 2.29. The van der Waals surface area contributed by atoms with E-state index >= 15 is 0 Å². The lowest BCUT2D eigenvalue weighted by atomic mass is 9.85. The number of rotatable bonds is 2. The van der Waals surface area contributed by atoms with Crippen molar-refractivity contribution in [3.05, 3.63) is 18.2 Å². The van der Waals surface area contributed by atoms with Gasteiger partial charge in [-0.15, -0.1) is 0 Å². The smallest absolute Gasteiger partial charge is 0.404 e. The second-order valence-corrected chi connectivity index (χ2v) is 5.03. The molecule has 1 amide bonds. The Morgan fingerprint density at radius 1 is 1.29 bits per heavy atom. The number of ether oxygens (including phenoxy) is 2. The van der Waals surface area contributed by atoms with Gasteiger partial charge in [-0.1, -0.05) is 0 Å². The molecule has 0 radical (unpaired) electrons.